The maximum absolute atomic E-state index is 5.08. The van der Waals surface area contributed by atoms with Crippen LogP contribution in [0.1, 0.15) is 5.69 Å². The molecule has 1 N–H and O–H groups in total. The van der Waals surface area contributed by atoms with Crippen molar-refractivity contribution in [3.63, 3.8) is 0 Å². The Morgan fingerprint density at radius 3 is 2.65 bits per heavy atom. The van der Waals surface area contributed by atoms with Crippen LogP contribution in [0, 0.1) is 0 Å². The van der Waals surface area contributed by atoms with Gasteiger partial charge in [-0.05, 0) is 30.3 Å². The van der Waals surface area contributed by atoms with Crippen molar-refractivity contribution >= 4 is 21.6 Å². The fourth-order valence-corrected chi connectivity index (χ4v) is 1.69. The van der Waals surface area contributed by atoms with Crippen LogP contribution in [-0.2, 0) is 6.54 Å². The molecular formula is C13H13BrN2O. The summed E-state index contributed by atoms with van der Waals surface area (Å²) in [4.78, 5) is 4.33. The average molecular weight is 293 g/mol. The van der Waals surface area contributed by atoms with E-state index < -0.39 is 0 Å². The van der Waals surface area contributed by atoms with Gasteiger partial charge in [-0.2, -0.15) is 0 Å². The van der Waals surface area contributed by atoms with Gasteiger partial charge < -0.3 is 10.1 Å². The Bertz CT molecular complexity index is 485. The SMILES string of the molecule is COc1cccc(CNc2ccc(Br)cc2)n1. The van der Waals surface area contributed by atoms with Gasteiger partial charge in [0.05, 0.1) is 19.3 Å². The Kier molecular flexibility index (Phi) is 3.98. The van der Waals surface area contributed by atoms with E-state index in [0.29, 0.717) is 12.4 Å². The van der Waals surface area contributed by atoms with Crippen LogP contribution >= 0.6 is 15.9 Å². The van der Waals surface area contributed by atoms with Crippen molar-refractivity contribution in [3.05, 3.63) is 52.6 Å². The summed E-state index contributed by atoms with van der Waals surface area (Å²) >= 11 is 3.40. The maximum atomic E-state index is 5.08. The highest BCUT2D eigenvalue weighted by molar-refractivity contribution is 9.10. The van der Waals surface area contributed by atoms with Crippen LogP contribution in [-0.4, -0.2) is 12.1 Å². The quantitative estimate of drug-likeness (QED) is 0.937. The third-order valence-corrected chi connectivity index (χ3v) is 2.84. The molecule has 3 nitrogen and oxygen atoms in total. The Labute approximate surface area is 109 Å². The number of nitrogens with zero attached hydrogens (tertiary/aromatic N) is 1. The molecule has 1 aromatic heterocycles. The molecule has 1 heterocycles. The van der Waals surface area contributed by atoms with Crippen molar-refractivity contribution < 1.29 is 4.74 Å². The summed E-state index contributed by atoms with van der Waals surface area (Å²) in [5.41, 5.74) is 2.02. The molecule has 0 aliphatic carbocycles. The van der Waals surface area contributed by atoms with Crippen molar-refractivity contribution in [2.24, 2.45) is 0 Å². The Morgan fingerprint density at radius 2 is 1.94 bits per heavy atom. The molecule has 0 saturated carbocycles. The number of nitrogens with one attached hydrogen (secondary N) is 1. The standard InChI is InChI=1S/C13H13BrN2O/c1-17-13-4-2-3-12(16-13)9-15-11-7-5-10(14)6-8-11/h2-8,15H,9H2,1H3. The van der Waals surface area contributed by atoms with Crippen LogP contribution in [0.4, 0.5) is 5.69 Å². The van der Waals surface area contributed by atoms with E-state index in [1.807, 2.05) is 42.5 Å². The van der Waals surface area contributed by atoms with Crippen molar-refractivity contribution in [2.45, 2.75) is 6.54 Å². The van der Waals surface area contributed by atoms with Gasteiger partial charge in [-0.1, -0.05) is 22.0 Å². The zero-order valence-corrected chi connectivity index (χ0v) is 11.1. The molecule has 0 amide bonds. The molecule has 0 aliphatic heterocycles. The molecule has 0 spiro atoms. The monoisotopic (exact) mass is 292 g/mol. The van der Waals surface area contributed by atoms with E-state index in [1.54, 1.807) is 7.11 Å². The van der Waals surface area contributed by atoms with Gasteiger partial charge in [0.2, 0.25) is 5.88 Å². The molecule has 0 radical (unpaired) electrons. The number of halogens is 1. The third-order valence-electron chi connectivity index (χ3n) is 2.31. The van der Waals surface area contributed by atoms with Crippen LogP contribution in [0.25, 0.3) is 0 Å². The summed E-state index contributed by atoms with van der Waals surface area (Å²) < 4.78 is 6.15. The molecule has 2 aromatic rings. The normalized spacial score (nSPS) is 10.0. The number of ether oxygens (including phenoxy) is 1. The van der Waals surface area contributed by atoms with Gasteiger partial charge in [0, 0.05) is 16.2 Å². The number of anilines is 1. The molecule has 0 unspecified atom stereocenters. The van der Waals surface area contributed by atoms with E-state index in [9.17, 15) is 0 Å². The average Bonchev–Trinajstić information content (AvgIpc) is 2.38. The van der Waals surface area contributed by atoms with Crippen LogP contribution < -0.4 is 10.1 Å². The van der Waals surface area contributed by atoms with Crippen LogP contribution in [0.2, 0.25) is 0 Å². The Hall–Kier alpha value is -1.55. The van der Waals surface area contributed by atoms with Crippen LogP contribution in [0.5, 0.6) is 5.88 Å². The lowest BCUT2D eigenvalue weighted by Gasteiger charge is -2.07. The van der Waals surface area contributed by atoms with Gasteiger partial charge >= 0.3 is 0 Å². The minimum Gasteiger partial charge on any atom is -0.481 e. The smallest absolute Gasteiger partial charge is 0.213 e. The fraction of sp³-hybridized carbons (Fsp3) is 0.154. The first-order chi connectivity index (χ1) is 8.28. The number of benzene rings is 1. The van der Waals surface area contributed by atoms with Crippen molar-refractivity contribution in [2.75, 3.05) is 12.4 Å². The first-order valence-corrected chi connectivity index (χ1v) is 6.06. The van der Waals surface area contributed by atoms with Gasteiger partial charge in [0.1, 0.15) is 0 Å². The number of methoxy groups -OCH3 is 1. The van der Waals surface area contributed by atoms with Crippen LogP contribution in [0.15, 0.2) is 46.9 Å². The lowest BCUT2D eigenvalue weighted by atomic mass is 10.3. The number of rotatable bonds is 4. The third kappa shape index (κ3) is 3.46. The van der Waals surface area contributed by atoms with Gasteiger partial charge in [-0.25, -0.2) is 4.98 Å². The summed E-state index contributed by atoms with van der Waals surface area (Å²) in [6.07, 6.45) is 0. The van der Waals surface area contributed by atoms with Gasteiger partial charge in [-0.3, -0.25) is 0 Å². The summed E-state index contributed by atoms with van der Waals surface area (Å²) in [7, 11) is 1.62. The second-order valence-corrected chi connectivity index (χ2v) is 4.45. The highest BCUT2D eigenvalue weighted by Gasteiger charge is 1.97. The summed E-state index contributed by atoms with van der Waals surface area (Å²) in [6, 6.07) is 13.8. The fourth-order valence-electron chi connectivity index (χ4n) is 1.43. The Morgan fingerprint density at radius 1 is 1.18 bits per heavy atom. The van der Waals surface area contributed by atoms with Crippen molar-refractivity contribution in [1.29, 1.82) is 0 Å². The topological polar surface area (TPSA) is 34.1 Å². The number of hydrogen-bond acceptors (Lipinski definition) is 3. The number of aromatic nitrogens is 1. The van der Waals surface area contributed by atoms with E-state index >= 15 is 0 Å². The van der Waals surface area contributed by atoms with E-state index in [4.69, 9.17) is 4.74 Å². The van der Waals surface area contributed by atoms with Gasteiger partial charge in [0.15, 0.2) is 0 Å². The van der Waals surface area contributed by atoms with E-state index in [0.717, 1.165) is 15.9 Å². The molecule has 0 atom stereocenters. The largest absolute Gasteiger partial charge is 0.481 e. The molecule has 88 valence electrons. The first kappa shape index (κ1) is 11.9. The molecule has 4 heteroatoms. The van der Waals surface area contributed by atoms with Crippen molar-refractivity contribution in [1.82, 2.24) is 4.98 Å². The lowest BCUT2D eigenvalue weighted by Crippen LogP contribution is -2.02. The molecule has 2 rings (SSSR count). The second-order valence-electron chi connectivity index (χ2n) is 3.53. The van der Waals surface area contributed by atoms with Gasteiger partial charge in [0.25, 0.3) is 0 Å². The zero-order chi connectivity index (χ0) is 12.1. The van der Waals surface area contributed by atoms with E-state index in [2.05, 4.69) is 26.2 Å². The molecule has 0 aliphatic rings. The maximum Gasteiger partial charge on any atom is 0.213 e. The van der Waals surface area contributed by atoms with E-state index in [-0.39, 0.29) is 0 Å². The molecule has 0 saturated heterocycles. The first-order valence-electron chi connectivity index (χ1n) is 5.27. The molecule has 1 aromatic carbocycles. The minimum absolute atomic E-state index is 0.639. The molecule has 0 fully saturated rings. The predicted octanol–water partition coefficient (Wildman–Crippen LogP) is 3.46. The van der Waals surface area contributed by atoms with Gasteiger partial charge in [-0.15, -0.1) is 0 Å². The van der Waals surface area contributed by atoms with Crippen LogP contribution in [0.3, 0.4) is 0 Å². The Balaban J connectivity index is 1.99. The zero-order valence-electron chi connectivity index (χ0n) is 9.48. The summed E-state index contributed by atoms with van der Waals surface area (Å²) in [6.45, 7) is 0.679. The van der Waals surface area contributed by atoms with E-state index in [1.165, 1.54) is 0 Å². The number of hydrogen-bond donors (Lipinski definition) is 1. The second kappa shape index (κ2) is 5.68. The lowest BCUT2D eigenvalue weighted by molar-refractivity contribution is 0.396. The highest BCUT2D eigenvalue weighted by atomic mass is 79.9. The highest BCUT2D eigenvalue weighted by Crippen LogP contribution is 2.15. The summed E-state index contributed by atoms with van der Waals surface area (Å²) in [5.74, 6) is 0.639. The minimum atomic E-state index is 0.639. The molecule has 17 heavy (non-hydrogen) atoms. The molecule has 0 bridgehead atoms. The van der Waals surface area contributed by atoms with Crippen molar-refractivity contribution in [3.8, 4) is 5.88 Å². The number of pyridine rings is 1. The summed E-state index contributed by atoms with van der Waals surface area (Å²) in [5, 5.41) is 3.30. The predicted molar refractivity (Wildman–Crippen MR) is 72.3 cm³/mol. The molecular weight excluding hydrogens is 280 g/mol.